The molecule has 2 amide bonds. The molecule has 1 aromatic carbocycles. The van der Waals surface area contributed by atoms with Crippen LogP contribution in [-0.2, 0) is 9.59 Å². The van der Waals surface area contributed by atoms with Gasteiger partial charge in [-0.1, -0.05) is 13.8 Å². The van der Waals surface area contributed by atoms with E-state index in [1.807, 2.05) is 49.1 Å². The van der Waals surface area contributed by atoms with Gasteiger partial charge in [-0.15, -0.1) is 10.2 Å². The molecular weight excluding hydrogens is 446 g/mol. The van der Waals surface area contributed by atoms with Crippen LogP contribution in [0.25, 0.3) is 11.3 Å². The lowest BCUT2D eigenvalue weighted by Crippen LogP contribution is -2.52. The van der Waals surface area contributed by atoms with Crippen molar-refractivity contribution >= 4 is 17.6 Å². The molecule has 4 rings (SSSR count). The second-order valence-electron chi connectivity index (χ2n) is 9.57. The molecule has 0 spiro atoms. The Morgan fingerprint density at radius 3 is 2.29 bits per heavy atom. The molecule has 0 N–H and O–H groups in total. The molecule has 0 bridgehead atoms. The Kier molecular flexibility index (Phi) is 7.73. The standard InChI is InChI=1S/C26H35N5O4/c1-18(2)15-25(32)31(20-6-7-20)17-26(33)30-13-11-29(12-14-30)24-10-8-21(27-28-24)19-5-9-22(34-3)23(16-19)35-4/h5,8-10,16,18,20H,6-7,11-15,17H2,1-4H3. The summed E-state index contributed by atoms with van der Waals surface area (Å²) in [6, 6.07) is 9.78. The van der Waals surface area contributed by atoms with Crippen molar-refractivity contribution < 1.29 is 19.1 Å². The number of amides is 2. The van der Waals surface area contributed by atoms with E-state index in [1.54, 1.807) is 19.1 Å². The summed E-state index contributed by atoms with van der Waals surface area (Å²) in [5.74, 6) is 2.51. The Morgan fingerprint density at radius 2 is 1.71 bits per heavy atom. The first-order chi connectivity index (χ1) is 16.9. The normalized spacial score (nSPS) is 15.8. The third-order valence-corrected chi connectivity index (χ3v) is 6.48. The minimum absolute atomic E-state index is 0.0311. The average Bonchev–Trinajstić information content (AvgIpc) is 3.71. The number of piperazine rings is 1. The van der Waals surface area contributed by atoms with Crippen LogP contribution < -0.4 is 14.4 Å². The van der Waals surface area contributed by atoms with Crippen molar-refractivity contribution in [3.05, 3.63) is 30.3 Å². The number of aromatic nitrogens is 2. The fraction of sp³-hybridized carbons (Fsp3) is 0.538. The fourth-order valence-electron chi connectivity index (χ4n) is 4.35. The van der Waals surface area contributed by atoms with Crippen LogP contribution in [0.2, 0.25) is 0 Å². The van der Waals surface area contributed by atoms with E-state index in [4.69, 9.17) is 9.47 Å². The monoisotopic (exact) mass is 481 g/mol. The van der Waals surface area contributed by atoms with Crippen LogP contribution in [0.3, 0.4) is 0 Å². The molecule has 2 heterocycles. The lowest BCUT2D eigenvalue weighted by Gasteiger charge is -2.36. The van der Waals surface area contributed by atoms with Gasteiger partial charge < -0.3 is 24.2 Å². The first-order valence-corrected chi connectivity index (χ1v) is 12.3. The second-order valence-corrected chi connectivity index (χ2v) is 9.57. The molecule has 9 heteroatoms. The van der Waals surface area contributed by atoms with E-state index in [0.717, 1.165) is 29.9 Å². The van der Waals surface area contributed by atoms with Crippen LogP contribution in [0.15, 0.2) is 30.3 Å². The first kappa shape index (κ1) is 24.8. The molecule has 0 atom stereocenters. The van der Waals surface area contributed by atoms with Crippen molar-refractivity contribution in [2.75, 3.05) is 51.8 Å². The maximum atomic E-state index is 12.9. The predicted molar refractivity (Wildman–Crippen MR) is 134 cm³/mol. The highest BCUT2D eigenvalue weighted by Crippen LogP contribution is 2.32. The van der Waals surface area contributed by atoms with Crippen LogP contribution in [0.1, 0.15) is 33.1 Å². The zero-order chi connectivity index (χ0) is 24.9. The van der Waals surface area contributed by atoms with Crippen LogP contribution in [0, 0.1) is 5.92 Å². The van der Waals surface area contributed by atoms with Crippen molar-refractivity contribution in [1.29, 1.82) is 0 Å². The molecule has 1 saturated heterocycles. The Morgan fingerprint density at radius 1 is 1.00 bits per heavy atom. The minimum atomic E-state index is 0.0311. The van der Waals surface area contributed by atoms with Crippen molar-refractivity contribution in [3.8, 4) is 22.8 Å². The van der Waals surface area contributed by atoms with E-state index in [-0.39, 0.29) is 24.4 Å². The van der Waals surface area contributed by atoms with E-state index in [1.165, 1.54) is 0 Å². The fourth-order valence-corrected chi connectivity index (χ4v) is 4.35. The van der Waals surface area contributed by atoms with Gasteiger partial charge in [0.05, 0.1) is 19.9 Å². The van der Waals surface area contributed by atoms with E-state index in [2.05, 4.69) is 15.1 Å². The third-order valence-electron chi connectivity index (χ3n) is 6.48. The second kappa shape index (κ2) is 10.9. The first-order valence-electron chi connectivity index (χ1n) is 12.3. The highest BCUT2D eigenvalue weighted by atomic mass is 16.5. The van der Waals surface area contributed by atoms with Crippen LogP contribution >= 0.6 is 0 Å². The number of hydrogen-bond acceptors (Lipinski definition) is 7. The number of rotatable bonds is 9. The molecule has 1 saturated carbocycles. The molecule has 1 aromatic heterocycles. The topological polar surface area (TPSA) is 88.1 Å². The van der Waals surface area contributed by atoms with Crippen molar-refractivity contribution in [1.82, 2.24) is 20.0 Å². The summed E-state index contributed by atoms with van der Waals surface area (Å²) in [5, 5.41) is 8.83. The van der Waals surface area contributed by atoms with Gasteiger partial charge in [-0.05, 0) is 49.1 Å². The highest BCUT2D eigenvalue weighted by molar-refractivity contribution is 5.85. The van der Waals surface area contributed by atoms with Gasteiger partial charge in [-0.25, -0.2) is 0 Å². The van der Waals surface area contributed by atoms with Gasteiger partial charge >= 0.3 is 0 Å². The van der Waals surface area contributed by atoms with E-state index in [9.17, 15) is 9.59 Å². The van der Waals surface area contributed by atoms with Gasteiger partial charge in [-0.2, -0.15) is 0 Å². The lowest BCUT2D eigenvalue weighted by atomic mass is 10.1. The summed E-state index contributed by atoms with van der Waals surface area (Å²) in [4.78, 5) is 31.3. The van der Waals surface area contributed by atoms with Gasteiger partial charge in [0.25, 0.3) is 0 Å². The summed E-state index contributed by atoms with van der Waals surface area (Å²) in [5.41, 5.74) is 1.64. The van der Waals surface area contributed by atoms with Crippen LogP contribution in [0.5, 0.6) is 11.5 Å². The van der Waals surface area contributed by atoms with Crippen molar-refractivity contribution in [2.45, 2.75) is 39.2 Å². The van der Waals surface area contributed by atoms with E-state index in [0.29, 0.717) is 50.0 Å². The molecule has 35 heavy (non-hydrogen) atoms. The zero-order valence-corrected chi connectivity index (χ0v) is 21.1. The summed E-state index contributed by atoms with van der Waals surface area (Å²) < 4.78 is 10.7. The Hall–Kier alpha value is -3.36. The zero-order valence-electron chi connectivity index (χ0n) is 21.1. The van der Waals surface area contributed by atoms with Gasteiger partial charge in [0.1, 0.15) is 6.54 Å². The van der Waals surface area contributed by atoms with Gasteiger partial charge in [0.2, 0.25) is 11.8 Å². The van der Waals surface area contributed by atoms with Gasteiger partial charge in [0, 0.05) is 44.2 Å². The number of hydrogen-bond donors (Lipinski definition) is 0. The quantitative estimate of drug-likeness (QED) is 0.544. The van der Waals surface area contributed by atoms with Gasteiger partial charge in [-0.3, -0.25) is 9.59 Å². The number of nitrogens with zero attached hydrogens (tertiary/aromatic N) is 5. The molecule has 2 fully saturated rings. The Bertz CT molecular complexity index is 1030. The SMILES string of the molecule is COc1ccc(-c2ccc(N3CCN(C(=O)CN(C(=O)CC(C)C)C4CC4)CC3)nn2)cc1OC. The molecular formula is C26H35N5O4. The molecule has 2 aromatic rings. The molecule has 0 radical (unpaired) electrons. The third kappa shape index (κ3) is 6.01. The maximum absolute atomic E-state index is 12.9. The maximum Gasteiger partial charge on any atom is 0.242 e. The van der Waals surface area contributed by atoms with E-state index < -0.39 is 0 Å². The molecule has 188 valence electrons. The molecule has 0 unspecified atom stereocenters. The Balaban J connectivity index is 1.33. The van der Waals surface area contributed by atoms with E-state index >= 15 is 0 Å². The summed E-state index contributed by atoms with van der Waals surface area (Å²) in [7, 11) is 3.21. The smallest absolute Gasteiger partial charge is 0.242 e. The van der Waals surface area contributed by atoms with Crippen LogP contribution in [-0.4, -0.2) is 84.8 Å². The summed E-state index contributed by atoms with van der Waals surface area (Å²) >= 11 is 0. The van der Waals surface area contributed by atoms with Crippen molar-refractivity contribution in [3.63, 3.8) is 0 Å². The molecule has 1 aliphatic heterocycles. The van der Waals surface area contributed by atoms with Crippen LogP contribution in [0.4, 0.5) is 5.82 Å². The largest absolute Gasteiger partial charge is 0.493 e. The Labute approximate surface area is 207 Å². The average molecular weight is 482 g/mol. The number of methoxy groups -OCH3 is 2. The minimum Gasteiger partial charge on any atom is -0.493 e. The highest BCUT2D eigenvalue weighted by Gasteiger charge is 2.35. The van der Waals surface area contributed by atoms with Crippen molar-refractivity contribution in [2.24, 2.45) is 5.92 Å². The van der Waals surface area contributed by atoms with Gasteiger partial charge in [0.15, 0.2) is 17.3 Å². The predicted octanol–water partition coefficient (Wildman–Crippen LogP) is 2.85. The number of ether oxygens (including phenoxy) is 2. The summed E-state index contributed by atoms with van der Waals surface area (Å²) in [6.07, 6.45) is 2.50. The lowest BCUT2D eigenvalue weighted by molar-refractivity contribution is -0.141. The number of carbonyl (C=O) groups excluding carboxylic acids is 2. The molecule has 1 aliphatic carbocycles. The number of carbonyl (C=O) groups is 2. The summed E-state index contributed by atoms with van der Waals surface area (Å²) in [6.45, 7) is 6.83. The number of anilines is 1. The molecule has 2 aliphatic rings. The molecule has 9 nitrogen and oxygen atoms in total. The number of benzene rings is 1.